The molecule has 0 spiro atoms. The number of rotatable bonds is 12. The first-order valence-corrected chi connectivity index (χ1v) is 15.2. The first-order valence-electron chi connectivity index (χ1n) is 15.2. The zero-order chi connectivity index (χ0) is 31.3. The molecular formula is C35H51NO6. The first kappa shape index (κ1) is 33.6. The van der Waals surface area contributed by atoms with Crippen molar-refractivity contribution in [2.24, 2.45) is 22.2 Å². The molecule has 42 heavy (non-hydrogen) atoms. The van der Waals surface area contributed by atoms with Gasteiger partial charge in [0, 0.05) is 24.6 Å². The summed E-state index contributed by atoms with van der Waals surface area (Å²) in [6.45, 7) is 16.6. The maximum Gasteiger partial charge on any atom is 0.312 e. The van der Waals surface area contributed by atoms with Crippen LogP contribution in [0.5, 0.6) is 0 Å². The van der Waals surface area contributed by atoms with E-state index < -0.39 is 11.5 Å². The van der Waals surface area contributed by atoms with Crippen molar-refractivity contribution in [2.45, 2.75) is 86.8 Å². The van der Waals surface area contributed by atoms with Crippen LogP contribution in [0.4, 0.5) is 0 Å². The highest BCUT2D eigenvalue weighted by Gasteiger charge is 2.48. The van der Waals surface area contributed by atoms with Gasteiger partial charge in [0.25, 0.3) is 5.91 Å². The molecule has 0 fully saturated rings. The molecule has 4 unspecified atom stereocenters. The van der Waals surface area contributed by atoms with Gasteiger partial charge in [-0.2, -0.15) is 0 Å². The Hall–Kier alpha value is -2.90. The lowest BCUT2D eigenvalue weighted by atomic mass is 9.61. The van der Waals surface area contributed by atoms with Crippen molar-refractivity contribution in [1.29, 1.82) is 0 Å². The van der Waals surface area contributed by atoms with Crippen LogP contribution in [0.25, 0.3) is 5.57 Å². The normalized spacial score (nSPS) is 21.2. The second-order valence-electron chi connectivity index (χ2n) is 14.0. The second-order valence-corrected chi connectivity index (χ2v) is 14.0. The van der Waals surface area contributed by atoms with Gasteiger partial charge in [0.1, 0.15) is 25.1 Å². The molecule has 0 saturated heterocycles. The Bertz CT molecular complexity index is 1200. The third kappa shape index (κ3) is 7.93. The number of esters is 1. The predicted octanol–water partition coefficient (Wildman–Crippen LogP) is 5.70. The Morgan fingerprint density at radius 3 is 2.36 bits per heavy atom. The van der Waals surface area contributed by atoms with Crippen molar-refractivity contribution in [3.05, 3.63) is 65.5 Å². The van der Waals surface area contributed by atoms with Gasteiger partial charge in [0.05, 0.1) is 11.5 Å². The lowest BCUT2D eigenvalue weighted by Gasteiger charge is -2.43. The molecule has 3 rings (SSSR count). The number of benzene rings is 1. The van der Waals surface area contributed by atoms with E-state index in [1.807, 2.05) is 76.3 Å². The fourth-order valence-corrected chi connectivity index (χ4v) is 5.82. The summed E-state index contributed by atoms with van der Waals surface area (Å²) in [4.78, 5) is 28.7. The van der Waals surface area contributed by atoms with Gasteiger partial charge in [-0.25, -0.2) is 0 Å². The minimum atomic E-state index is -1.00. The summed E-state index contributed by atoms with van der Waals surface area (Å²) < 4.78 is 11.5. The molecule has 1 heterocycles. The van der Waals surface area contributed by atoms with Crippen LogP contribution >= 0.6 is 0 Å². The van der Waals surface area contributed by atoms with Crippen molar-refractivity contribution >= 4 is 17.4 Å². The van der Waals surface area contributed by atoms with Crippen LogP contribution in [-0.2, 0) is 25.5 Å². The summed E-state index contributed by atoms with van der Waals surface area (Å²) in [6.07, 6.45) is 8.74. The maximum atomic E-state index is 13.7. The molecule has 4 atom stereocenters. The lowest BCUT2D eigenvalue weighted by Crippen LogP contribution is -2.48. The summed E-state index contributed by atoms with van der Waals surface area (Å²) in [5.74, 6) is 0.107. The van der Waals surface area contributed by atoms with Gasteiger partial charge in [-0.1, -0.05) is 84.9 Å². The van der Waals surface area contributed by atoms with Crippen LogP contribution in [0.3, 0.4) is 0 Å². The van der Waals surface area contributed by atoms with Crippen LogP contribution in [-0.4, -0.2) is 65.5 Å². The molecule has 2 aliphatic rings. The van der Waals surface area contributed by atoms with Gasteiger partial charge in [-0.05, 0) is 60.3 Å². The zero-order valence-corrected chi connectivity index (χ0v) is 26.8. The second kappa shape index (κ2) is 13.6. The Labute approximate surface area is 252 Å². The summed E-state index contributed by atoms with van der Waals surface area (Å²) >= 11 is 0. The number of ether oxygens (including phenoxy) is 2. The lowest BCUT2D eigenvalue weighted by molar-refractivity contribution is -0.168. The van der Waals surface area contributed by atoms with Gasteiger partial charge in [0.2, 0.25) is 0 Å². The standard InChI is InChI=1S/C35H51NO6/c1-9-24-13-10-11-14-28(24)29-19-25-15-16-27(20-30(25)36(31(29)39)17-12-18-37)41-21-26(38)22-42-32(40)35(8,34(5,6)7)23-33(2,3)4/h10-11,13-16,19-20,25-26,30,37-38H,9,12,17-18,21-23H2,1-8H3. The molecule has 1 aromatic carbocycles. The smallest absolute Gasteiger partial charge is 0.312 e. The number of allylic oxidation sites excluding steroid dienone is 1. The zero-order valence-electron chi connectivity index (χ0n) is 26.8. The fourth-order valence-electron chi connectivity index (χ4n) is 5.82. The van der Waals surface area contributed by atoms with Crippen molar-refractivity contribution in [2.75, 3.05) is 26.4 Å². The number of hydrogen-bond acceptors (Lipinski definition) is 6. The van der Waals surface area contributed by atoms with Gasteiger partial charge in [-0.3, -0.25) is 9.59 Å². The molecule has 0 radical (unpaired) electrons. The third-order valence-electron chi connectivity index (χ3n) is 8.51. The fraction of sp³-hybridized carbons (Fsp3) is 0.600. The summed E-state index contributed by atoms with van der Waals surface area (Å²) in [6, 6.07) is 7.71. The molecule has 7 nitrogen and oxygen atoms in total. The molecule has 0 saturated carbocycles. The molecule has 1 amide bonds. The topological polar surface area (TPSA) is 96.3 Å². The molecule has 2 N–H and O–H groups in total. The summed E-state index contributed by atoms with van der Waals surface area (Å²) in [5.41, 5.74) is 1.64. The molecule has 1 aromatic rings. The van der Waals surface area contributed by atoms with E-state index >= 15 is 0 Å². The monoisotopic (exact) mass is 581 g/mol. The average Bonchev–Trinajstić information content (AvgIpc) is 2.92. The highest BCUT2D eigenvalue weighted by atomic mass is 16.5. The van der Waals surface area contributed by atoms with Crippen LogP contribution in [0.2, 0.25) is 0 Å². The van der Waals surface area contributed by atoms with E-state index in [9.17, 15) is 19.8 Å². The maximum absolute atomic E-state index is 13.7. The van der Waals surface area contributed by atoms with E-state index in [1.54, 1.807) is 4.90 Å². The Kier molecular flexibility index (Phi) is 10.9. The molecule has 0 bridgehead atoms. The average molecular weight is 582 g/mol. The SMILES string of the molecule is CCc1ccccc1C1=CC2C=CC(OCC(O)COC(=O)C(C)(CC(C)(C)C)C(C)(C)C)=CC2N(CCCO)C1=O. The molecule has 1 aliphatic heterocycles. The van der Waals surface area contributed by atoms with Gasteiger partial charge < -0.3 is 24.6 Å². The van der Waals surface area contributed by atoms with Crippen molar-refractivity contribution in [3.63, 3.8) is 0 Å². The van der Waals surface area contributed by atoms with Crippen LogP contribution in [0.15, 0.2) is 54.3 Å². The number of fused-ring (bicyclic) bond motifs is 1. The highest BCUT2D eigenvalue weighted by Crippen LogP contribution is 2.47. The van der Waals surface area contributed by atoms with E-state index in [4.69, 9.17) is 9.47 Å². The van der Waals surface area contributed by atoms with E-state index in [-0.39, 0.29) is 54.5 Å². The van der Waals surface area contributed by atoms with Gasteiger partial charge in [-0.15, -0.1) is 0 Å². The number of amides is 1. The number of aryl methyl sites for hydroxylation is 1. The quantitative estimate of drug-likeness (QED) is 0.307. The molecular weight excluding hydrogens is 530 g/mol. The predicted molar refractivity (Wildman–Crippen MR) is 166 cm³/mol. The first-order chi connectivity index (χ1) is 19.6. The third-order valence-corrected chi connectivity index (χ3v) is 8.51. The van der Waals surface area contributed by atoms with E-state index in [1.165, 1.54) is 0 Å². The largest absolute Gasteiger partial charge is 0.491 e. The number of hydrogen-bond donors (Lipinski definition) is 2. The number of aliphatic hydroxyl groups excluding tert-OH is 2. The molecule has 232 valence electrons. The van der Waals surface area contributed by atoms with E-state index in [0.29, 0.717) is 30.7 Å². The van der Waals surface area contributed by atoms with Crippen LogP contribution in [0, 0.1) is 22.2 Å². The molecule has 7 heteroatoms. The Balaban J connectivity index is 1.69. The van der Waals surface area contributed by atoms with E-state index in [2.05, 4.69) is 27.7 Å². The molecule has 1 aliphatic carbocycles. The van der Waals surface area contributed by atoms with Gasteiger partial charge in [0.15, 0.2) is 0 Å². The van der Waals surface area contributed by atoms with Crippen molar-refractivity contribution < 1.29 is 29.3 Å². The van der Waals surface area contributed by atoms with Crippen molar-refractivity contribution in [1.82, 2.24) is 4.90 Å². The Morgan fingerprint density at radius 1 is 1.05 bits per heavy atom. The highest BCUT2D eigenvalue weighted by molar-refractivity contribution is 6.20. The van der Waals surface area contributed by atoms with E-state index in [0.717, 1.165) is 17.5 Å². The molecule has 0 aromatic heterocycles. The van der Waals surface area contributed by atoms with Crippen molar-refractivity contribution in [3.8, 4) is 0 Å². The number of carbonyl (C=O) groups is 2. The summed E-state index contributed by atoms with van der Waals surface area (Å²) in [7, 11) is 0. The minimum Gasteiger partial charge on any atom is -0.491 e. The van der Waals surface area contributed by atoms with Crippen LogP contribution < -0.4 is 0 Å². The number of carbonyl (C=O) groups excluding carboxylic acids is 2. The van der Waals surface area contributed by atoms with Crippen LogP contribution in [0.1, 0.15) is 79.4 Å². The number of nitrogens with zero attached hydrogens (tertiary/aromatic N) is 1. The summed E-state index contributed by atoms with van der Waals surface area (Å²) in [5, 5.41) is 20.1. The Morgan fingerprint density at radius 2 is 1.74 bits per heavy atom. The number of aliphatic hydroxyl groups is 2. The van der Waals surface area contributed by atoms with Gasteiger partial charge >= 0.3 is 5.97 Å². The minimum absolute atomic E-state index is 0.0103.